The number of anilines is 1. The van der Waals surface area contributed by atoms with Crippen molar-refractivity contribution in [3.05, 3.63) is 57.9 Å². The molecule has 0 spiro atoms. The number of hydrogen-bond acceptors (Lipinski definition) is 4. The molecule has 0 amide bonds. The number of halogens is 9. The summed E-state index contributed by atoms with van der Waals surface area (Å²) in [6.45, 7) is -2.09. The molecule has 0 atom stereocenters. The minimum atomic E-state index is -6.23. The molecular formula is C17H13F9N2O3S. The molecule has 0 aliphatic heterocycles. The Morgan fingerprint density at radius 1 is 0.906 bits per heavy atom. The summed E-state index contributed by atoms with van der Waals surface area (Å²) in [6, 6.07) is 0.752. The van der Waals surface area contributed by atoms with Crippen molar-refractivity contribution in [2.45, 2.75) is 36.9 Å². The quantitative estimate of drug-likeness (QED) is 0.375. The molecule has 0 bridgehead atoms. The van der Waals surface area contributed by atoms with Crippen molar-refractivity contribution in [2.75, 3.05) is 10.8 Å². The summed E-state index contributed by atoms with van der Waals surface area (Å²) in [7, 11) is -4.83. The molecule has 1 aromatic carbocycles. The molecule has 178 valence electrons. The molecule has 2 rings (SSSR count). The van der Waals surface area contributed by atoms with E-state index in [9.17, 15) is 52.8 Å². The Balaban J connectivity index is 2.63. The van der Waals surface area contributed by atoms with Crippen LogP contribution in [0.2, 0.25) is 0 Å². The fraction of sp³-hybridized carbons (Fsp3) is 0.412. The first-order chi connectivity index (χ1) is 14.5. The maximum Gasteiger partial charge on any atom is 0.430 e. The summed E-state index contributed by atoms with van der Waals surface area (Å²) in [6.07, 6.45) is -13.7. The van der Waals surface area contributed by atoms with E-state index in [4.69, 9.17) is 0 Å². The Morgan fingerprint density at radius 2 is 1.44 bits per heavy atom. The van der Waals surface area contributed by atoms with Gasteiger partial charge in [-0.05, 0) is 36.2 Å². The van der Waals surface area contributed by atoms with Crippen molar-refractivity contribution >= 4 is 15.7 Å². The number of benzene rings is 1. The van der Waals surface area contributed by atoms with Crippen LogP contribution in [-0.2, 0) is 15.6 Å². The highest BCUT2D eigenvalue weighted by Crippen LogP contribution is 2.53. The van der Waals surface area contributed by atoms with Gasteiger partial charge in [-0.25, -0.2) is 8.42 Å². The maximum atomic E-state index is 13.2. The second-order valence-corrected chi connectivity index (χ2v) is 8.49. The average molecular weight is 496 g/mol. The highest BCUT2D eigenvalue weighted by molar-refractivity contribution is 7.96. The van der Waals surface area contributed by atoms with Crippen LogP contribution in [0, 0.1) is 4.91 Å². The third kappa shape index (κ3) is 4.76. The van der Waals surface area contributed by atoms with Crippen LogP contribution in [0.5, 0.6) is 0 Å². The minimum absolute atomic E-state index is 0.0613. The maximum absolute atomic E-state index is 13.2. The Morgan fingerprint density at radius 3 is 1.81 bits per heavy atom. The summed E-state index contributed by atoms with van der Waals surface area (Å²) < 4.78 is 143. The Kier molecular flexibility index (Phi) is 6.74. The van der Waals surface area contributed by atoms with Gasteiger partial charge in [0.15, 0.2) is 0 Å². The van der Waals surface area contributed by atoms with Crippen molar-refractivity contribution in [3.63, 3.8) is 0 Å². The van der Waals surface area contributed by atoms with Crippen molar-refractivity contribution in [1.29, 1.82) is 0 Å². The molecule has 0 radical (unpaired) electrons. The lowest BCUT2D eigenvalue weighted by Crippen LogP contribution is -2.52. The average Bonchev–Trinajstić information content (AvgIpc) is 2.65. The number of hydrogen-bond donors (Lipinski definition) is 0. The SMILES string of the molecule is O=NC(c1ccc(N(CC(F)(F)F)S(=O)(=O)C2=CC=CCC2)cc1)(C(F)(F)F)C(F)(F)F. The van der Waals surface area contributed by atoms with Gasteiger partial charge in [0.05, 0.1) is 10.6 Å². The van der Waals surface area contributed by atoms with Gasteiger partial charge in [0, 0.05) is 5.56 Å². The predicted octanol–water partition coefficient (Wildman–Crippen LogP) is 5.71. The number of sulfonamides is 1. The van der Waals surface area contributed by atoms with E-state index in [-0.39, 0.29) is 29.3 Å². The third-order valence-electron chi connectivity index (χ3n) is 4.45. The number of nitroso groups, excluding NO2 is 1. The highest BCUT2D eigenvalue weighted by Gasteiger charge is 2.74. The molecule has 32 heavy (non-hydrogen) atoms. The first-order valence-corrected chi connectivity index (χ1v) is 9.95. The van der Waals surface area contributed by atoms with E-state index in [1.165, 1.54) is 11.3 Å². The summed E-state index contributed by atoms with van der Waals surface area (Å²) >= 11 is 0. The molecular weight excluding hydrogens is 483 g/mol. The van der Waals surface area contributed by atoms with Gasteiger partial charge in [-0.2, -0.15) is 39.5 Å². The molecule has 0 heterocycles. The standard InChI is InChI=1S/C17H13F9N2O3S/c18-14(19,20)10-28(32(30,31)13-4-2-1-3-5-13)12-8-6-11(7-9-12)15(27-29,16(21,22)23)17(24,25)26/h1-2,4,6-9H,3,5,10H2. The van der Waals surface area contributed by atoms with Gasteiger partial charge in [0.25, 0.3) is 10.0 Å². The number of nitrogens with zero attached hydrogens (tertiary/aromatic N) is 2. The van der Waals surface area contributed by atoms with E-state index in [0.717, 1.165) is 6.08 Å². The number of allylic oxidation sites excluding steroid dienone is 4. The van der Waals surface area contributed by atoms with Gasteiger partial charge in [0.2, 0.25) is 0 Å². The fourth-order valence-corrected chi connectivity index (χ4v) is 4.55. The molecule has 0 saturated heterocycles. The highest BCUT2D eigenvalue weighted by atomic mass is 32.2. The molecule has 0 unspecified atom stereocenters. The second kappa shape index (κ2) is 8.41. The van der Waals surface area contributed by atoms with Gasteiger partial charge in [-0.1, -0.05) is 24.3 Å². The zero-order chi connectivity index (χ0) is 24.6. The smallest absolute Gasteiger partial charge is 0.257 e. The Bertz CT molecular complexity index is 994. The van der Waals surface area contributed by atoms with Gasteiger partial charge >= 0.3 is 24.1 Å². The van der Waals surface area contributed by atoms with Crippen LogP contribution in [0.25, 0.3) is 0 Å². The topological polar surface area (TPSA) is 66.8 Å². The zero-order valence-electron chi connectivity index (χ0n) is 15.6. The van der Waals surface area contributed by atoms with E-state index in [2.05, 4.69) is 0 Å². The van der Waals surface area contributed by atoms with Gasteiger partial charge in [0.1, 0.15) is 6.54 Å². The van der Waals surface area contributed by atoms with E-state index >= 15 is 0 Å². The van der Waals surface area contributed by atoms with Crippen molar-refractivity contribution in [3.8, 4) is 0 Å². The lowest BCUT2D eigenvalue weighted by atomic mass is 9.89. The molecule has 0 saturated carbocycles. The molecule has 15 heteroatoms. The van der Waals surface area contributed by atoms with Crippen molar-refractivity contribution in [1.82, 2.24) is 0 Å². The summed E-state index contributed by atoms with van der Waals surface area (Å²) in [5, 5.41) is 1.26. The number of alkyl halides is 9. The molecule has 0 fully saturated rings. The lowest BCUT2D eigenvalue weighted by molar-refractivity contribution is -0.301. The van der Waals surface area contributed by atoms with E-state index in [0.29, 0.717) is 12.1 Å². The Labute approximate surface area is 175 Å². The van der Waals surface area contributed by atoms with Crippen LogP contribution in [-0.4, -0.2) is 33.5 Å². The summed E-state index contributed by atoms with van der Waals surface area (Å²) in [5.41, 5.74) is -7.78. The van der Waals surface area contributed by atoms with Crippen LogP contribution in [0.15, 0.2) is 52.6 Å². The van der Waals surface area contributed by atoms with Crippen LogP contribution in [0.4, 0.5) is 45.2 Å². The van der Waals surface area contributed by atoms with Crippen LogP contribution in [0.1, 0.15) is 18.4 Å². The minimum Gasteiger partial charge on any atom is -0.257 e. The first-order valence-electron chi connectivity index (χ1n) is 8.51. The lowest BCUT2D eigenvalue weighted by Gasteiger charge is -2.32. The zero-order valence-corrected chi connectivity index (χ0v) is 16.4. The molecule has 1 aliphatic carbocycles. The molecule has 0 aromatic heterocycles. The predicted molar refractivity (Wildman–Crippen MR) is 94.8 cm³/mol. The van der Waals surface area contributed by atoms with Crippen molar-refractivity contribution in [2.24, 2.45) is 5.18 Å². The van der Waals surface area contributed by atoms with Crippen LogP contribution >= 0.6 is 0 Å². The molecule has 0 N–H and O–H groups in total. The van der Waals surface area contributed by atoms with Crippen LogP contribution in [0.3, 0.4) is 0 Å². The molecule has 1 aliphatic rings. The molecule has 5 nitrogen and oxygen atoms in total. The monoisotopic (exact) mass is 496 g/mol. The molecule has 1 aromatic rings. The van der Waals surface area contributed by atoms with E-state index < -0.39 is 56.8 Å². The largest absolute Gasteiger partial charge is 0.430 e. The first kappa shape index (κ1) is 25.7. The van der Waals surface area contributed by atoms with Crippen molar-refractivity contribution < 1.29 is 47.9 Å². The van der Waals surface area contributed by atoms with E-state index in [1.807, 2.05) is 0 Å². The summed E-state index contributed by atoms with van der Waals surface area (Å²) in [5.74, 6) is 0. The van der Waals surface area contributed by atoms with Gasteiger partial charge in [-0.15, -0.1) is 4.91 Å². The number of rotatable bonds is 6. The van der Waals surface area contributed by atoms with Gasteiger partial charge in [-0.3, -0.25) is 4.31 Å². The van der Waals surface area contributed by atoms with Gasteiger partial charge < -0.3 is 0 Å². The second-order valence-electron chi connectivity index (χ2n) is 6.57. The van der Waals surface area contributed by atoms with Crippen LogP contribution < -0.4 is 4.31 Å². The third-order valence-corrected chi connectivity index (χ3v) is 6.37. The normalized spacial score (nSPS) is 16.0. The summed E-state index contributed by atoms with van der Waals surface area (Å²) in [4.78, 5) is 10.3. The van der Waals surface area contributed by atoms with E-state index in [1.54, 1.807) is 6.08 Å². The Hall–Kier alpha value is -2.58. The fourth-order valence-electron chi connectivity index (χ4n) is 2.93.